The Morgan fingerprint density at radius 3 is 2.67 bits per heavy atom. The van der Waals surface area contributed by atoms with Crippen molar-refractivity contribution in [3.05, 3.63) is 12.7 Å². The molecule has 1 fully saturated rings. The van der Waals surface area contributed by atoms with E-state index in [2.05, 4.69) is 17.2 Å². The van der Waals surface area contributed by atoms with Crippen LogP contribution in [0, 0.1) is 5.92 Å². The van der Waals surface area contributed by atoms with Gasteiger partial charge in [0.1, 0.15) is 5.60 Å². The summed E-state index contributed by atoms with van der Waals surface area (Å²) < 4.78 is 5.12. The van der Waals surface area contributed by atoms with E-state index in [0.29, 0.717) is 13.0 Å². The summed E-state index contributed by atoms with van der Waals surface area (Å²) >= 11 is 0. The third-order valence-corrected chi connectivity index (χ3v) is 2.48. The van der Waals surface area contributed by atoms with Crippen LogP contribution in [0.1, 0.15) is 33.6 Å². The van der Waals surface area contributed by atoms with Crippen molar-refractivity contribution in [3.8, 4) is 0 Å². The third kappa shape index (κ3) is 5.21. The van der Waals surface area contributed by atoms with Gasteiger partial charge in [-0.1, -0.05) is 6.08 Å². The van der Waals surface area contributed by atoms with Crippen LogP contribution in [0.3, 0.4) is 0 Å². The third-order valence-electron chi connectivity index (χ3n) is 2.48. The minimum absolute atomic E-state index is 0.0158. The van der Waals surface area contributed by atoms with Gasteiger partial charge in [0.2, 0.25) is 5.91 Å². The van der Waals surface area contributed by atoms with E-state index < -0.39 is 11.7 Å². The first-order valence-electron chi connectivity index (χ1n) is 6.21. The zero-order valence-corrected chi connectivity index (χ0v) is 11.3. The maximum Gasteiger partial charge on any atom is 0.407 e. The lowest BCUT2D eigenvalue weighted by Crippen LogP contribution is -2.36. The van der Waals surface area contributed by atoms with Crippen LogP contribution in [-0.2, 0) is 9.53 Å². The summed E-state index contributed by atoms with van der Waals surface area (Å²) in [7, 11) is 0. The number of hydrogen-bond acceptors (Lipinski definition) is 3. The highest BCUT2D eigenvalue weighted by Crippen LogP contribution is 2.30. The van der Waals surface area contributed by atoms with Crippen LogP contribution in [0.2, 0.25) is 0 Å². The van der Waals surface area contributed by atoms with E-state index in [0.717, 1.165) is 6.42 Å². The Labute approximate surface area is 108 Å². The Hall–Kier alpha value is -1.52. The second kappa shape index (κ2) is 5.89. The largest absolute Gasteiger partial charge is 0.444 e. The Balaban J connectivity index is 2.22. The highest BCUT2D eigenvalue weighted by molar-refractivity contribution is 5.83. The first-order valence-corrected chi connectivity index (χ1v) is 6.21. The molecule has 18 heavy (non-hydrogen) atoms. The maximum atomic E-state index is 11.6. The lowest BCUT2D eigenvalue weighted by molar-refractivity contribution is -0.122. The van der Waals surface area contributed by atoms with Crippen LogP contribution in [0.25, 0.3) is 0 Å². The van der Waals surface area contributed by atoms with Gasteiger partial charge >= 0.3 is 6.09 Å². The van der Waals surface area contributed by atoms with Crippen LogP contribution >= 0.6 is 0 Å². The molecule has 0 radical (unpaired) electrons. The second-order valence-electron chi connectivity index (χ2n) is 5.46. The smallest absolute Gasteiger partial charge is 0.407 e. The topological polar surface area (TPSA) is 67.4 Å². The fourth-order valence-electron chi connectivity index (χ4n) is 1.53. The molecule has 0 aromatic rings. The lowest BCUT2D eigenvalue weighted by atomic mass is 10.2. The summed E-state index contributed by atoms with van der Waals surface area (Å²) in [5.74, 6) is -0.139. The predicted octanol–water partition coefficient (Wildman–Crippen LogP) is 1.59. The molecule has 102 valence electrons. The fraction of sp³-hybridized carbons (Fsp3) is 0.692. The minimum atomic E-state index is -0.513. The van der Waals surface area contributed by atoms with Crippen molar-refractivity contribution in [2.24, 2.45) is 5.92 Å². The molecule has 0 spiro atoms. The molecule has 0 saturated heterocycles. The molecule has 1 aliphatic carbocycles. The quantitative estimate of drug-likeness (QED) is 0.578. The van der Waals surface area contributed by atoms with Crippen molar-refractivity contribution in [2.45, 2.75) is 45.3 Å². The van der Waals surface area contributed by atoms with Gasteiger partial charge < -0.3 is 15.4 Å². The van der Waals surface area contributed by atoms with Crippen molar-refractivity contribution in [1.29, 1.82) is 0 Å². The Bertz CT molecular complexity index is 334. The molecule has 0 aliphatic heterocycles. The van der Waals surface area contributed by atoms with Crippen LogP contribution in [0.15, 0.2) is 12.7 Å². The Morgan fingerprint density at radius 1 is 1.44 bits per heavy atom. The number of carbonyl (C=O) groups excluding carboxylic acids is 2. The van der Waals surface area contributed by atoms with Gasteiger partial charge in [-0.3, -0.25) is 4.79 Å². The van der Waals surface area contributed by atoms with Gasteiger partial charge in [-0.25, -0.2) is 4.79 Å². The van der Waals surface area contributed by atoms with Gasteiger partial charge in [0.25, 0.3) is 0 Å². The zero-order chi connectivity index (χ0) is 13.8. The predicted molar refractivity (Wildman–Crippen MR) is 69.1 cm³/mol. The minimum Gasteiger partial charge on any atom is -0.444 e. The highest BCUT2D eigenvalue weighted by Gasteiger charge is 2.44. The van der Waals surface area contributed by atoms with E-state index in [9.17, 15) is 9.59 Å². The van der Waals surface area contributed by atoms with Gasteiger partial charge in [-0.15, -0.1) is 6.58 Å². The average molecular weight is 254 g/mol. The number of rotatable bonds is 5. The lowest BCUT2D eigenvalue weighted by Gasteiger charge is -2.19. The molecule has 0 aromatic carbocycles. The molecule has 1 aliphatic rings. The summed E-state index contributed by atoms with van der Waals surface area (Å²) in [5, 5.41) is 5.48. The molecule has 0 bridgehead atoms. The van der Waals surface area contributed by atoms with E-state index in [-0.39, 0.29) is 17.9 Å². The van der Waals surface area contributed by atoms with E-state index in [1.165, 1.54) is 0 Å². The molecule has 1 saturated carbocycles. The number of amides is 2. The molecule has 2 amide bonds. The molecular weight excluding hydrogens is 232 g/mol. The van der Waals surface area contributed by atoms with Gasteiger partial charge in [0, 0.05) is 12.6 Å². The zero-order valence-electron chi connectivity index (χ0n) is 11.3. The average Bonchev–Trinajstić information content (AvgIpc) is 2.94. The number of ether oxygens (including phenoxy) is 1. The summed E-state index contributed by atoms with van der Waals surface area (Å²) in [4.78, 5) is 23.1. The molecule has 5 heteroatoms. The van der Waals surface area contributed by atoms with Gasteiger partial charge in [0.15, 0.2) is 0 Å². The van der Waals surface area contributed by atoms with Crippen molar-refractivity contribution in [2.75, 3.05) is 6.54 Å². The first kappa shape index (κ1) is 14.5. The van der Waals surface area contributed by atoms with Crippen LogP contribution in [0.4, 0.5) is 4.79 Å². The van der Waals surface area contributed by atoms with Gasteiger partial charge in [-0.05, 0) is 33.6 Å². The maximum absolute atomic E-state index is 11.6. The number of hydrogen-bond donors (Lipinski definition) is 2. The van der Waals surface area contributed by atoms with Crippen molar-refractivity contribution in [1.82, 2.24) is 10.6 Å². The molecule has 5 nitrogen and oxygen atoms in total. The van der Waals surface area contributed by atoms with Gasteiger partial charge in [-0.2, -0.15) is 0 Å². The summed E-state index contributed by atoms with van der Waals surface area (Å²) in [6.07, 6.45) is 2.72. The molecular formula is C13H22N2O3. The van der Waals surface area contributed by atoms with E-state index in [1.807, 2.05) is 0 Å². The fourth-order valence-corrected chi connectivity index (χ4v) is 1.53. The number of nitrogens with one attached hydrogen (secondary N) is 2. The molecule has 2 unspecified atom stereocenters. The second-order valence-corrected chi connectivity index (χ2v) is 5.46. The molecule has 0 heterocycles. The highest BCUT2D eigenvalue weighted by atomic mass is 16.6. The summed E-state index contributed by atoms with van der Waals surface area (Å²) in [6, 6.07) is -0.0939. The van der Waals surface area contributed by atoms with E-state index >= 15 is 0 Å². The van der Waals surface area contributed by atoms with Crippen LogP contribution < -0.4 is 10.6 Å². The van der Waals surface area contributed by atoms with E-state index in [4.69, 9.17) is 4.74 Å². The normalized spacial score (nSPS) is 21.9. The summed E-state index contributed by atoms with van der Waals surface area (Å²) in [6.45, 7) is 9.59. The van der Waals surface area contributed by atoms with Crippen LogP contribution in [0.5, 0.6) is 0 Å². The number of carbonyl (C=O) groups is 2. The SMILES string of the molecule is C=CCCNC(=O)C1CC1NC(=O)OC(C)(C)C. The Kier molecular flexibility index (Phi) is 4.76. The van der Waals surface area contributed by atoms with Crippen molar-refractivity contribution in [3.63, 3.8) is 0 Å². The first-order chi connectivity index (χ1) is 8.33. The van der Waals surface area contributed by atoms with Gasteiger partial charge in [0.05, 0.1) is 5.92 Å². The summed E-state index contributed by atoms with van der Waals surface area (Å²) in [5.41, 5.74) is -0.513. The standard InChI is InChI=1S/C13H22N2O3/c1-5-6-7-14-11(16)9-8-10(9)15-12(17)18-13(2,3)4/h5,9-10H,1,6-8H2,2-4H3,(H,14,16)(H,15,17). The monoisotopic (exact) mass is 254 g/mol. The van der Waals surface area contributed by atoms with E-state index in [1.54, 1.807) is 26.8 Å². The molecule has 2 N–H and O–H groups in total. The number of alkyl carbamates (subject to hydrolysis) is 1. The Morgan fingerprint density at radius 2 is 2.11 bits per heavy atom. The van der Waals surface area contributed by atoms with Crippen molar-refractivity contribution < 1.29 is 14.3 Å². The molecule has 0 aromatic heterocycles. The van der Waals surface area contributed by atoms with Crippen LogP contribution in [-0.4, -0.2) is 30.2 Å². The molecule has 1 rings (SSSR count). The van der Waals surface area contributed by atoms with Crippen molar-refractivity contribution >= 4 is 12.0 Å². The molecule has 2 atom stereocenters.